The number of imidazole rings is 1. The van der Waals surface area contributed by atoms with E-state index >= 15 is 0 Å². The van der Waals surface area contributed by atoms with Crippen LogP contribution in [0.1, 0.15) is 18.4 Å². The lowest BCUT2D eigenvalue weighted by Crippen LogP contribution is -2.18. The number of para-hydroxylation sites is 1. The van der Waals surface area contributed by atoms with E-state index in [1.165, 1.54) is 31.5 Å². The van der Waals surface area contributed by atoms with Gasteiger partial charge in [-0.2, -0.15) is 0 Å². The van der Waals surface area contributed by atoms with Gasteiger partial charge < -0.3 is 15.5 Å². The summed E-state index contributed by atoms with van der Waals surface area (Å²) in [5.41, 5.74) is 8.81. The molecule has 0 saturated carbocycles. The lowest BCUT2D eigenvalue weighted by molar-refractivity contribution is 0.211. The fourth-order valence-electron chi connectivity index (χ4n) is 3.30. The quantitative estimate of drug-likeness (QED) is 0.766. The van der Waals surface area contributed by atoms with Crippen LogP contribution in [0.5, 0.6) is 5.75 Å². The average Bonchev–Trinajstić information content (AvgIpc) is 3.25. The van der Waals surface area contributed by atoms with E-state index < -0.39 is 6.09 Å². The molecular weight excluding hydrogens is 316 g/mol. The Morgan fingerprint density at radius 1 is 1.16 bits per heavy atom. The summed E-state index contributed by atoms with van der Waals surface area (Å²) in [5.74, 6) is 1.10. The molecule has 0 atom stereocenters. The molecule has 0 bridgehead atoms. The highest BCUT2D eigenvalue weighted by Crippen LogP contribution is 2.27. The molecule has 3 aromatic rings. The van der Waals surface area contributed by atoms with Gasteiger partial charge in [-0.25, -0.2) is 9.78 Å². The Bertz CT molecular complexity index is 895. The Kier molecular flexibility index (Phi) is 4.11. The molecule has 4 rings (SSSR count). The summed E-state index contributed by atoms with van der Waals surface area (Å²) >= 11 is 0. The highest BCUT2D eigenvalue weighted by molar-refractivity contribution is 5.87. The van der Waals surface area contributed by atoms with Gasteiger partial charge in [0, 0.05) is 12.1 Å². The van der Waals surface area contributed by atoms with Crippen LogP contribution in [0, 0.1) is 0 Å². The monoisotopic (exact) mass is 336 g/mol. The summed E-state index contributed by atoms with van der Waals surface area (Å²) in [6, 6.07) is 13.8. The average molecular weight is 336 g/mol. The maximum absolute atomic E-state index is 11.0. The number of likely N-dealkylation sites (tertiary alicyclic amines) is 1. The second kappa shape index (κ2) is 6.57. The van der Waals surface area contributed by atoms with Crippen molar-refractivity contribution in [3.05, 3.63) is 48.0 Å². The molecule has 3 N–H and O–H groups in total. The van der Waals surface area contributed by atoms with Gasteiger partial charge in [0.1, 0.15) is 11.3 Å². The number of carbonyl (C=O) groups excluding carboxylic acids is 1. The number of amides is 1. The largest absolute Gasteiger partial charge is 0.410 e. The first kappa shape index (κ1) is 15.7. The number of aromatic amines is 1. The minimum atomic E-state index is -0.844. The molecule has 0 unspecified atom stereocenters. The first-order valence-electron chi connectivity index (χ1n) is 8.47. The van der Waals surface area contributed by atoms with Gasteiger partial charge in [-0.05, 0) is 43.6 Å². The molecule has 1 amide bonds. The van der Waals surface area contributed by atoms with Crippen LogP contribution in [-0.4, -0.2) is 34.1 Å². The zero-order valence-corrected chi connectivity index (χ0v) is 13.9. The zero-order valence-electron chi connectivity index (χ0n) is 13.9. The lowest BCUT2D eigenvalue weighted by Gasteiger charge is -2.14. The number of ether oxygens (including phenoxy) is 1. The highest BCUT2D eigenvalue weighted by Gasteiger charge is 2.13. The number of aromatic nitrogens is 2. The zero-order chi connectivity index (χ0) is 17.2. The molecule has 1 aliphatic rings. The summed E-state index contributed by atoms with van der Waals surface area (Å²) in [6.45, 7) is 3.37. The van der Waals surface area contributed by atoms with Crippen molar-refractivity contribution in [2.75, 3.05) is 13.1 Å². The molecule has 0 radical (unpaired) electrons. The molecule has 25 heavy (non-hydrogen) atoms. The number of rotatable bonds is 4. The Morgan fingerprint density at radius 2 is 1.92 bits per heavy atom. The van der Waals surface area contributed by atoms with Crippen molar-refractivity contribution >= 4 is 17.1 Å². The molecule has 6 heteroatoms. The Labute approximate surface area is 145 Å². The fraction of sp³-hybridized carbons (Fsp3) is 0.263. The topological polar surface area (TPSA) is 84.2 Å². The molecule has 1 aromatic heterocycles. The maximum atomic E-state index is 11.0. The van der Waals surface area contributed by atoms with Crippen LogP contribution in [0.4, 0.5) is 4.79 Å². The molecule has 6 nitrogen and oxygen atoms in total. The van der Waals surface area contributed by atoms with E-state index in [0.29, 0.717) is 11.3 Å². The molecular formula is C19H20N4O2. The van der Waals surface area contributed by atoms with Crippen molar-refractivity contribution in [2.24, 2.45) is 5.73 Å². The van der Waals surface area contributed by atoms with Gasteiger partial charge >= 0.3 is 6.09 Å². The van der Waals surface area contributed by atoms with Gasteiger partial charge in [0.25, 0.3) is 0 Å². The standard InChI is InChI=1S/C19H20N4O2/c20-19(24)25-16-5-3-4-15-17(16)22-18(21-15)14-8-6-13(7-9-14)12-23-10-1-2-11-23/h3-9H,1-2,10-12H2,(H2,20,24)(H,21,22). The normalized spacial score (nSPS) is 14.9. The first-order chi connectivity index (χ1) is 12.2. The number of benzene rings is 2. The minimum Gasteiger partial charge on any atom is -0.408 e. The van der Waals surface area contributed by atoms with Crippen molar-refractivity contribution in [1.29, 1.82) is 0 Å². The van der Waals surface area contributed by atoms with Crippen LogP contribution in [0.3, 0.4) is 0 Å². The molecule has 1 saturated heterocycles. The Balaban J connectivity index is 1.59. The van der Waals surface area contributed by atoms with E-state index in [9.17, 15) is 4.79 Å². The number of nitrogens with two attached hydrogens (primary N) is 1. The molecule has 0 aliphatic carbocycles. The smallest absolute Gasteiger partial charge is 0.408 e. The van der Waals surface area contributed by atoms with E-state index in [-0.39, 0.29) is 0 Å². The molecule has 128 valence electrons. The third-order valence-corrected chi connectivity index (χ3v) is 4.52. The van der Waals surface area contributed by atoms with Gasteiger partial charge in [-0.3, -0.25) is 4.90 Å². The number of fused-ring (bicyclic) bond motifs is 1. The predicted octanol–water partition coefficient (Wildman–Crippen LogP) is 3.28. The van der Waals surface area contributed by atoms with Gasteiger partial charge in [0.15, 0.2) is 5.75 Å². The summed E-state index contributed by atoms with van der Waals surface area (Å²) < 4.78 is 5.02. The number of hydrogen-bond acceptors (Lipinski definition) is 4. The molecule has 1 aliphatic heterocycles. The molecule has 1 fully saturated rings. The number of primary amides is 1. The first-order valence-corrected chi connectivity index (χ1v) is 8.47. The van der Waals surface area contributed by atoms with Gasteiger partial charge in [-0.15, -0.1) is 0 Å². The number of nitrogens with one attached hydrogen (secondary N) is 1. The predicted molar refractivity (Wildman–Crippen MR) is 96.3 cm³/mol. The van der Waals surface area contributed by atoms with Gasteiger partial charge in [0.05, 0.1) is 5.52 Å². The molecule has 0 spiro atoms. The Hall–Kier alpha value is -2.86. The lowest BCUT2D eigenvalue weighted by atomic mass is 10.1. The van der Waals surface area contributed by atoms with E-state index in [2.05, 4.69) is 39.1 Å². The summed E-state index contributed by atoms with van der Waals surface area (Å²) in [6.07, 6.45) is 1.75. The second-order valence-corrected chi connectivity index (χ2v) is 6.34. The summed E-state index contributed by atoms with van der Waals surface area (Å²) in [4.78, 5) is 21.3. The van der Waals surface area contributed by atoms with E-state index in [1.807, 2.05) is 6.07 Å². The van der Waals surface area contributed by atoms with Crippen molar-refractivity contribution in [3.8, 4) is 17.1 Å². The molecule has 2 aromatic carbocycles. The van der Waals surface area contributed by atoms with Crippen LogP contribution in [0.2, 0.25) is 0 Å². The van der Waals surface area contributed by atoms with Crippen molar-refractivity contribution in [3.63, 3.8) is 0 Å². The van der Waals surface area contributed by atoms with Crippen molar-refractivity contribution < 1.29 is 9.53 Å². The van der Waals surface area contributed by atoms with E-state index in [4.69, 9.17) is 10.5 Å². The van der Waals surface area contributed by atoms with Crippen LogP contribution in [0.15, 0.2) is 42.5 Å². The third-order valence-electron chi connectivity index (χ3n) is 4.52. The van der Waals surface area contributed by atoms with E-state index in [0.717, 1.165) is 23.4 Å². The Morgan fingerprint density at radius 3 is 2.64 bits per heavy atom. The van der Waals surface area contributed by atoms with E-state index in [1.54, 1.807) is 12.1 Å². The van der Waals surface area contributed by atoms with Crippen molar-refractivity contribution in [2.45, 2.75) is 19.4 Å². The van der Waals surface area contributed by atoms with Crippen LogP contribution < -0.4 is 10.5 Å². The number of hydrogen-bond donors (Lipinski definition) is 2. The maximum Gasteiger partial charge on any atom is 0.410 e. The third kappa shape index (κ3) is 3.34. The van der Waals surface area contributed by atoms with Crippen LogP contribution >= 0.6 is 0 Å². The molecule has 2 heterocycles. The number of carbonyl (C=O) groups is 1. The number of nitrogens with zero attached hydrogens (tertiary/aromatic N) is 2. The fourth-order valence-corrected chi connectivity index (χ4v) is 3.30. The number of H-pyrrole nitrogens is 1. The van der Waals surface area contributed by atoms with Crippen LogP contribution in [0.25, 0.3) is 22.4 Å². The van der Waals surface area contributed by atoms with Gasteiger partial charge in [0.2, 0.25) is 0 Å². The second-order valence-electron chi connectivity index (χ2n) is 6.34. The SMILES string of the molecule is NC(=O)Oc1cccc2[nH]c(-c3ccc(CN4CCCC4)cc3)nc12. The summed E-state index contributed by atoms with van der Waals surface area (Å²) in [7, 11) is 0. The van der Waals surface area contributed by atoms with Crippen molar-refractivity contribution in [1.82, 2.24) is 14.9 Å². The highest BCUT2D eigenvalue weighted by atomic mass is 16.5. The van der Waals surface area contributed by atoms with Gasteiger partial charge in [-0.1, -0.05) is 30.3 Å². The van der Waals surface area contributed by atoms with Crippen LogP contribution in [-0.2, 0) is 6.54 Å². The summed E-state index contributed by atoms with van der Waals surface area (Å²) in [5, 5.41) is 0. The minimum absolute atomic E-state index is 0.359.